The quantitative estimate of drug-likeness (QED) is 0.801. The van der Waals surface area contributed by atoms with Crippen LogP contribution >= 0.6 is 0 Å². The third-order valence-electron chi connectivity index (χ3n) is 3.71. The predicted octanol–water partition coefficient (Wildman–Crippen LogP) is 3.74. The van der Waals surface area contributed by atoms with Crippen molar-refractivity contribution in [1.82, 2.24) is 9.55 Å². The molecule has 0 aliphatic heterocycles. The van der Waals surface area contributed by atoms with Crippen LogP contribution in [0.4, 0.5) is 5.69 Å². The Morgan fingerprint density at radius 1 is 1.26 bits per heavy atom. The Labute approximate surface area is 134 Å². The number of rotatable bonds is 3. The van der Waals surface area contributed by atoms with Crippen LogP contribution in [0.5, 0.6) is 0 Å². The molecule has 5 nitrogen and oxygen atoms in total. The van der Waals surface area contributed by atoms with Gasteiger partial charge < -0.3 is 9.88 Å². The van der Waals surface area contributed by atoms with Crippen LogP contribution in [0.1, 0.15) is 35.8 Å². The Balaban J connectivity index is 1.97. The van der Waals surface area contributed by atoms with Crippen LogP contribution in [-0.4, -0.2) is 15.5 Å². The molecular formula is C18H16N4O. The van der Waals surface area contributed by atoms with Crippen molar-refractivity contribution >= 4 is 22.5 Å². The summed E-state index contributed by atoms with van der Waals surface area (Å²) in [4.78, 5) is 16.1. The van der Waals surface area contributed by atoms with E-state index in [1.165, 1.54) is 0 Å². The van der Waals surface area contributed by atoms with Gasteiger partial charge in [-0.1, -0.05) is 0 Å². The summed E-state index contributed by atoms with van der Waals surface area (Å²) < 4.78 is 2.06. The van der Waals surface area contributed by atoms with Crippen LogP contribution < -0.4 is 5.32 Å². The minimum Gasteiger partial charge on any atom is -0.344 e. The maximum absolute atomic E-state index is 12.2. The molecule has 0 saturated heterocycles. The van der Waals surface area contributed by atoms with Crippen LogP contribution in [0.2, 0.25) is 0 Å². The van der Waals surface area contributed by atoms with Gasteiger partial charge in [-0.15, -0.1) is 0 Å². The highest BCUT2D eigenvalue weighted by Crippen LogP contribution is 2.27. The molecule has 2 heterocycles. The molecule has 0 aliphatic rings. The monoisotopic (exact) mass is 304 g/mol. The van der Waals surface area contributed by atoms with Crippen molar-refractivity contribution in [1.29, 1.82) is 5.26 Å². The summed E-state index contributed by atoms with van der Waals surface area (Å²) in [7, 11) is 0. The maximum Gasteiger partial charge on any atom is 0.255 e. The van der Waals surface area contributed by atoms with Crippen molar-refractivity contribution < 1.29 is 4.79 Å². The highest BCUT2D eigenvalue weighted by atomic mass is 16.1. The van der Waals surface area contributed by atoms with Gasteiger partial charge in [-0.05, 0) is 44.2 Å². The largest absolute Gasteiger partial charge is 0.344 e. The number of fused-ring (bicyclic) bond motifs is 1. The summed E-state index contributed by atoms with van der Waals surface area (Å²) >= 11 is 0. The van der Waals surface area contributed by atoms with E-state index in [1.807, 2.05) is 24.4 Å². The number of hydrogen-bond donors (Lipinski definition) is 1. The molecule has 0 saturated carbocycles. The molecule has 0 bridgehead atoms. The van der Waals surface area contributed by atoms with E-state index in [0.717, 1.165) is 10.9 Å². The van der Waals surface area contributed by atoms with Gasteiger partial charge >= 0.3 is 0 Å². The fourth-order valence-corrected chi connectivity index (χ4v) is 2.56. The number of nitrogens with one attached hydrogen (secondary N) is 1. The van der Waals surface area contributed by atoms with Crippen LogP contribution in [0.3, 0.4) is 0 Å². The molecule has 3 aromatic rings. The van der Waals surface area contributed by atoms with Gasteiger partial charge in [0, 0.05) is 46.8 Å². The number of anilines is 1. The molecule has 0 fully saturated rings. The first kappa shape index (κ1) is 14.8. The first-order valence-corrected chi connectivity index (χ1v) is 7.36. The number of pyridine rings is 1. The number of nitrogens with zero attached hydrogens (tertiary/aromatic N) is 3. The highest BCUT2D eigenvalue weighted by Gasteiger charge is 2.12. The fourth-order valence-electron chi connectivity index (χ4n) is 2.56. The van der Waals surface area contributed by atoms with Crippen molar-refractivity contribution in [2.45, 2.75) is 19.9 Å². The number of benzene rings is 1. The second-order valence-corrected chi connectivity index (χ2v) is 5.58. The van der Waals surface area contributed by atoms with E-state index in [0.29, 0.717) is 16.8 Å². The molecule has 1 N–H and O–H groups in total. The lowest BCUT2D eigenvalue weighted by Crippen LogP contribution is -2.11. The van der Waals surface area contributed by atoms with Gasteiger partial charge in [0.25, 0.3) is 5.91 Å². The van der Waals surface area contributed by atoms with Gasteiger partial charge in [0.2, 0.25) is 0 Å². The fraction of sp³-hybridized carbons (Fsp3) is 0.167. The molecule has 3 rings (SSSR count). The van der Waals surface area contributed by atoms with Crippen molar-refractivity contribution in [2.24, 2.45) is 0 Å². The first-order chi connectivity index (χ1) is 11.1. The Kier molecular flexibility index (Phi) is 3.82. The molecule has 0 spiro atoms. The Bertz CT molecular complexity index is 904. The molecule has 0 aliphatic carbocycles. The van der Waals surface area contributed by atoms with Crippen molar-refractivity contribution in [3.8, 4) is 6.07 Å². The lowest BCUT2D eigenvalue weighted by Gasteiger charge is -2.10. The van der Waals surface area contributed by atoms with Crippen LogP contribution in [0.15, 0.2) is 48.9 Å². The van der Waals surface area contributed by atoms with E-state index < -0.39 is 0 Å². The molecule has 0 radical (unpaired) electrons. The van der Waals surface area contributed by atoms with E-state index in [-0.39, 0.29) is 11.9 Å². The predicted molar refractivity (Wildman–Crippen MR) is 89.2 cm³/mol. The van der Waals surface area contributed by atoms with Crippen LogP contribution in [0.25, 0.3) is 10.9 Å². The maximum atomic E-state index is 12.2. The van der Waals surface area contributed by atoms with Gasteiger partial charge in [-0.3, -0.25) is 9.78 Å². The highest BCUT2D eigenvalue weighted by molar-refractivity contribution is 6.05. The number of aromatic nitrogens is 2. The van der Waals surface area contributed by atoms with Gasteiger partial charge in [0.15, 0.2) is 0 Å². The average Bonchev–Trinajstić information content (AvgIpc) is 2.94. The summed E-state index contributed by atoms with van der Waals surface area (Å²) in [5.74, 6) is -0.200. The molecule has 0 atom stereocenters. The molecule has 5 heteroatoms. The van der Waals surface area contributed by atoms with Crippen molar-refractivity contribution in [3.63, 3.8) is 0 Å². The second-order valence-electron chi connectivity index (χ2n) is 5.58. The van der Waals surface area contributed by atoms with Crippen LogP contribution in [-0.2, 0) is 0 Å². The minimum absolute atomic E-state index is 0.200. The van der Waals surface area contributed by atoms with Crippen molar-refractivity contribution in [2.75, 3.05) is 5.32 Å². The second kappa shape index (κ2) is 5.93. The first-order valence-electron chi connectivity index (χ1n) is 7.36. The molecule has 2 aromatic heterocycles. The number of carbonyl (C=O) groups is 1. The van der Waals surface area contributed by atoms with Gasteiger partial charge in [0.1, 0.15) is 6.07 Å². The number of carbonyl (C=O) groups excluding carboxylic acids is 1. The van der Waals surface area contributed by atoms with E-state index in [2.05, 4.69) is 34.8 Å². The van der Waals surface area contributed by atoms with Crippen LogP contribution in [0, 0.1) is 11.3 Å². The minimum atomic E-state index is -0.200. The molecular weight excluding hydrogens is 288 g/mol. The topological polar surface area (TPSA) is 70.7 Å². The van der Waals surface area contributed by atoms with Gasteiger partial charge in [0.05, 0.1) is 5.56 Å². The summed E-state index contributed by atoms with van der Waals surface area (Å²) in [6, 6.07) is 11.4. The average molecular weight is 304 g/mol. The lowest BCUT2D eigenvalue weighted by molar-refractivity contribution is 0.102. The number of nitriles is 1. The summed E-state index contributed by atoms with van der Waals surface area (Å²) in [5, 5.41) is 13.0. The van der Waals surface area contributed by atoms with Gasteiger partial charge in [-0.25, -0.2) is 0 Å². The molecule has 114 valence electrons. The number of amides is 1. The Morgan fingerprint density at radius 3 is 2.65 bits per heavy atom. The van der Waals surface area contributed by atoms with E-state index in [4.69, 9.17) is 0 Å². The molecule has 1 aromatic carbocycles. The lowest BCUT2D eigenvalue weighted by atomic mass is 10.1. The normalized spacial score (nSPS) is 10.7. The molecule has 23 heavy (non-hydrogen) atoms. The van der Waals surface area contributed by atoms with Crippen molar-refractivity contribution in [3.05, 3.63) is 60.0 Å². The zero-order valence-electron chi connectivity index (χ0n) is 12.9. The zero-order chi connectivity index (χ0) is 16.4. The van der Waals surface area contributed by atoms with E-state index >= 15 is 0 Å². The third kappa shape index (κ3) is 2.79. The standard InChI is InChI=1S/C18H16N4O/c1-12(2)22-11-14(10-19)16-9-15(3-4-17(16)22)21-18(23)13-5-7-20-8-6-13/h3-9,11-12H,1-2H3,(H,21,23). The Morgan fingerprint density at radius 2 is 2.00 bits per heavy atom. The smallest absolute Gasteiger partial charge is 0.255 e. The molecule has 0 unspecified atom stereocenters. The molecule has 1 amide bonds. The zero-order valence-corrected chi connectivity index (χ0v) is 12.9. The third-order valence-corrected chi connectivity index (χ3v) is 3.71. The summed E-state index contributed by atoms with van der Waals surface area (Å²) in [6.45, 7) is 4.14. The SMILES string of the molecule is CC(C)n1cc(C#N)c2cc(NC(=O)c3ccncc3)ccc21. The van der Waals surface area contributed by atoms with E-state index in [1.54, 1.807) is 24.5 Å². The Hall–Kier alpha value is -3.13. The summed E-state index contributed by atoms with van der Waals surface area (Å²) in [6.07, 6.45) is 5.01. The van der Waals surface area contributed by atoms with E-state index in [9.17, 15) is 10.1 Å². The number of hydrogen-bond acceptors (Lipinski definition) is 3. The van der Waals surface area contributed by atoms with Gasteiger partial charge in [-0.2, -0.15) is 5.26 Å². The summed E-state index contributed by atoms with van der Waals surface area (Å²) in [5.41, 5.74) is 2.80.